The first-order chi connectivity index (χ1) is 13.7. The SMILES string of the molecule is CCOc1ccc(C2(CNC(=O)N3CCc4ccccc43)CCOCC2)cc1. The molecule has 2 aliphatic heterocycles. The van der Waals surface area contributed by atoms with E-state index in [-0.39, 0.29) is 11.4 Å². The van der Waals surface area contributed by atoms with Crippen molar-refractivity contribution in [3.8, 4) is 5.75 Å². The van der Waals surface area contributed by atoms with Crippen LogP contribution in [0.5, 0.6) is 5.75 Å². The van der Waals surface area contributed by atoms with Crippen LogP contribution in [0.2, 0.25) is 0 Å². The largest absolute Gasteiger partial charge is 0.494 e. The van der Waals surface area contributed by atoms with E-state index in [1.54, 1.807) is 0 Å². The normalized spacial score (nSPS) is 17.8. The minimum absolute atomic E-state index is 0.0123. The maximum atomic E-state index is 12.9. The third kappa shape index (κ3) is 3.72. The van der Waals surface area contributed by atoms with Gasteiger partial charge in [0.15, 0.2) is 0 Å². The standard InChI is InChI=1S/C23H28N2O3/c1-2-28-20-9-7-19(8-10-20)23(12-15-27-16-13-23)17-24-22(26)25-14-11-18-5-3-4-6-21(18)25/h3-10H,2,11-17H2,1H3,(H,24,26). The zero-order valence-corrected chi connectivity index (χ0v) is 16.4. The molecule has 0 bridgehead atoms. The fourth-order valence-corrected chi connectivity index (χ4v) is 4.29. The number of carbonyl (C=O) groups is 1. The Bertz CT molecular complexity index is 813. The van der Waals surface area contributed by atoms with Crippen LogP contribution in [0.25, 0.3) is 0 Å². The Hall–Kier alpha value is -2.53. The van der Waals surface area contributed by atoms with Gasteiger partial charge >= 0.3 is 6.03 Å². The van der Waals surface area contributed by atoms with Crippen molar-refractivity contribution < 1.29 is 14.3 Å². The van der Waals surface area contributed by atoms with Crippen molar-refractivity contribution in [3.63, 3.8) is 0 Å². The fourth-order valence-electron chi connectivity index (χ4n) is 4.29. The third-order valence-corrected chi connectivity index (χ3v) is 5.94. The summed E-state index contributed by atoms with van der Waals surface area (Å²) in [6.45, 7) is 5.43. The Morgan fingerprint density at radius 2 is 1.89 bits per heavy atom. The second kappa shape index (κ2) is 8.23. The first-order valence-electron chi connectivity index (χ1n) is 10.2. The lowest BCUT2D eigenvalue weighted by Gasteiger charge is -2.38. The summed E-state index contributed by atoms with van der Waals surface area (Å²) in [6.07, 6.45) is 2.72. The molecule has 2 aromatic carbocycles. The highest BCUT2D eigenvalue weighted by molar-refractivity contribution is 5.94. The molecule has 2 amide bonds. The molecule has 148 valence electrons. The number of amides is 2. The van der Waals surface area contributed by atoms with Crippen LogP contribution in [0.3, 0.4) is 0 Å². The van der Waals surface area contributed by atoms with Gasteiger partial charge in [0.2, 0.25) is 0 Å². The van der Waals surface area contributed by atoms with Crippen LogP contribution in [0, 0.1) is 0 Å². The van der Waals surface area contributed by atoms with Crippen LogP contribution in [-0.2, 0) is 16.6 Å². The first kappa shape index (κ1) is 18.8. The molecule has 2 heterocycles. The van der Waals surface area contributed by atoms with E-state index in [1.807, 2.05) is 42.2 Å². The Morgan fingerprint density at radius 3 is 2.64 bits per heavy atom. The molecule has 28 heavy (non-hydrogen) atoms. The molecule has 1 saturated heterocycles. The maximum Gasteiger partial charge on any atom is 0.321 e. The monoisotopic (exact) mass is 380 g/mol. The van der Waals surface area contributed by atoms with Crippen LogP contribution < -0.4 is 15.0 Å². The van der Waals surface area contributed by atoms with Gasteiger partial charge < -0.3 is 14.8 Å². The maximum absolute atomic E-state index is 12.9. The van der Waals surface area contributed by atoms with E-state index in [9.17, 15) is 4.79 Å². The van der Waals surface area contributed by atoms with Crippen LogP contribution in [-0.4, -0.2) is 38.9 Å². The van der Waals surface area contributed by atoms with Gasteiger partial charge in [0.25, 0.3) is 0 Å². The van der Waals surface area contributed by atoms with E-state index in [4.69, 9.17) is 9.47 Å². The molecule has 0 spiro atoms. The van der Waals surface area contributed by atoms with Crippen molar-refractivity contribution in [2.45, 2.75) is 31.6 Å². The molecule has 0 aromatic heterocycles. The number of ether oxygens (including phenoxy) is 2. The van der Waals surface area contributed by atoms with Gasteiger partial charge in [-0.2, -0.15) is 0 Å². The number of rotatable bonds is 5. The van der Waals surface area contributed by atoms with Gasteiger partial charge in [-0.25, -0.2) is 4.79 Å². The van der Waals surface area contributed by atoms with Crippen molar-refractivity contribution in [3.05, 3.63) is 59.7 Å². The highest BCUT2D eigenvalue weighted by Gasteiger charge is 2.36. The van der Waals surface area contributed by atoms with E-state index in [0.717, 1.165) is 50.5 Å². The minimum atomic E-state index is -0.0993. The number of anilines is 1. The molecule has 1 fully saturated rings. The molecular formula is C23H28N2O3. The number of benzene rings is 2. The van der Waals surface area contributed by atoms with Crippen molar-refractivity contribution in [1.29, 1.82) is 0 Å². The van der Waals surface area contributed by atoms with Crippen molar-refractivity contribution >= 4 is 11.7 Å². The number of para-hydroxylation sites is 1. The molecule has 4 rings (SSSR count). The quantitative estimate of drug-likeness (QED) is 0.856. The molecule has 1 N–H and O–H groups in total. The molecule has 2 aliphatic rings. The van der Waals surface area contributed by atoms with Gasteiger partial charge in [-0.15, -0.1) is 0 Å². The lowest BCUT2D eigenvalue weighted by molar-refractivity contribution is 0.0507. The van der Waals surface area contributed by atoms with E-state index in [2.05, 4.69) is 23.5 Å². The molecule has 0 atom stereocenters. The predicted molar refractivity (Wildman–Crippen MR) is 110 cm³/mol. The van der Waals surface area contributed by atoms with Crippen molar-refractivity contribution in [2.24, 2.45) is 0 Å². The molecular weight excluding hydrogens is 352 g/mol. The summed E-state index contributed by atoms with van der Waals surface area (Å²) in [6, 6.07) is 16.4. The zero-order chi connectivity index (χ0) is 19.4. The average Bonchev–Trinajstić information content (AvgIpc) is 3.18. The summed E-state index contributed by atoms with van der Waals surface area (Å²) in [7, 11) is 0. The summed E-state index contributed by atoms with van der Waals surface area (Å²) in [5.74, 6) is 0.881. The topological polar surface area (TPSA) is 50.8 Å². The number of carbonyl (C=O) groups excluding carboxylic acids is 1. The summed E-state index contributed by atoms with van der Waals surface area (Å²) >= 11 is 0. The summed E-state index contributed by atoms with van der Waals surface area (Å²) in [5.41, 5.74) is 3.41. The number of nitrogens with zero attached hydrogens (tertiary/aromatic N) is 1. The van der Waals surface area contributed by atoms with E-state index in [0.29, 0.717) is 13.2 Å². The van der Waals surface area contributed by atoms with Gasteiger partial charge in [-0.1, -0.05) is 30.3 Å². The van der Waals surface area contributed by atoms with E-state index in [1.165, 1.54) is 11.1 Å². The predicted octanol–water partition coefficient (Wildman–Crippen LogP) is 3.91. The molecule has 0 radical (unpaired) electrons. The number of fused-ring (bicyclic) bond motifs is 1. The second-order valence-corrected chi connectivity index (χ2v) is 7.54. The van der Waals surface area contributed by atoms with E-state index >= 15 is 0 Å². The highest BCUT2D eigenvalue weighted by Crippen LogP contribution is 2.35. The number of hydrogen-bond donors (Lipinski definition) is 1. The van der Waals surface area contributed by atoms with Crippen LogP contribution in [0.15, 0.2) is 48.5 Å². The average molecular weight is 380 g/mol. The lowest BCUT2D eigenvalue weighted by Crippen LogP contribution is -2.48. The minimum Gasteiger partial charge on any atom is -0.494 e. The Morgan fingerprint density at radius 1 is 1.14 bits per heavy atom. The van der Waals surface area contributed by atoms with E-state index < -0.39 is 0 Å². The van der Waals surface area contributed by atoms with Gasteiger partial charge in [0.05, 0.1) is 6.61 Å². The molecule has 0 saturated carbocycles. The molecule has 0 aliphatic carbocycles. The second-order valence-electron chi connectivity index (χ2n) is 7.54. The van der Waals surface area contributed by atoms with Crippen LogP contribution >= 0.6 is 0 Å². The molecule has 2 aromatic rings. The Labute approximate surface area is 166 Å². The molecule has 0 unspecified atom stereocenters. The van der Waals surface area contributed by atoms with Gasteiger partial charge in [0.1, 0.15) is 5.75 Å². The van der Waals surface area contributed by atoms with Crippen LogP contribution in [0.4, 0.5) is 10.5 Å². The first-order valence-corrected chi connectivity index (χ1v) is 10.2. The number of hydrogen-bond acceptors (Lipinski definition) is 3. The number of urea groups is 1. The summed E-state index contributed by atoms with van der Waals surface area (Å²) in [4.78, 5) is 14.8. The van der Waals surface area contributed by atoms with Gasteiger partial charge in [0, 0.05) is 37.4 Å². The third-order valence-electron chi connectivity index (χ3n) is 5.94. The Kier molecular flexibility index (Phi) is 5.53. The molecule has 5 heteroatoms. The van der Waals surface area contributed by atoms with Gasteiger partial charge in [-0.05, 0) is 55.5 Å². The number of nitrogens with one attached hydrogen (secondary N) is 1. The van der Waals surface area contributed by atoms with Crippen LogP contribution in [0.1, 0.15) is 30.9 Å². The highest BCUT2D eigenvalue weighted by atomic mass is 16.5. The lowest BCUT2D eigenvalue weighted by atomic mass is 9.74. The van der Waals surface area contributed by atoms with Crippen molar-refractivity contribution in [1.82, 2.24) is 5.32 Å². The smallest absolute Gasteiger partial charge is 0.321 e. The van der Waals surface area contributed by atoms with Crippen molar-refractivity contribution in [2.75, 3.05) is 37.8 Å². The summed E-state index contributed by atoms with van der Waals surface area (Å²) < 4.78 is 11.2. The zero-order valence-electron chi connectivity index (χ0n) is 16.4. The Balaban J connectivity index is 1.49. The van der Waals surface area contributed by atoms with Gasteiger partial charge in [-0.3, -0.25) is 4.90 Å². The molecule has 5 nitrogen and oxygen atoms in total. The summed E-state index contributed by atoms with van der Waals surface area (Å²) in [5, 5.41) is 3.21. The fraction of sp³-hybridized carbons (Fsp3) is 0.435.